The van der Waals surface area contributed by atoms with Crippen molar-refractivity contribution in [2.24, 2.45) is 10.1 Å². The molecule has 0 aliphatic carbocycles. The molecule has 1 aromatic heterocycles. The minimum Gasteiger partial charge on any atom is -0.324 e. The molecule has 1 aliphatic rings. The number of nitrogens with one attached hydrogen (secondary N) is 1. The second kappa shape index (κ2) is 9.87. The Morgan fingerprint density at radius 3 is 2.76 bits per heavy atom. The van der Waals surface area contributed by atoms with Crippen LogP contribution in [0.2, 0.25) is 0 Å². The summed E-state index contributed by atoms with van der Waals surface area (Å²) in [7, 11) is 1.52. The summed E-state index contributed by atoms with van der Waals surface area (Å²) in [5.74, 6) is -2.69. The molecular formula is C21H18F2N8O2S. The fourth-order valence-electron chi connectivity index (χ4n) is 3.15. The van der Waals surface area contributed by atoms with Crippen LogP contribution >= 0.6 is 11.8 Å². The molecule has 4 rings (SSSR count). The zero-order valence-electron chi connectivity index (χ0n) is 18.0. The molecule has 34 heavy (non-hydrogen) atoms. The smallest absolute Gasteiger partial charge is 0.263 e. The summed E-state index contributed by atoms with van der Waals surface area (Å²) in [6.45, 7) is 1.74. The number of amides is 2. The van der Waals surface area contributed by atoms with Crippen molar-refractivity contribution in [1.29, 1.82) is 0 Å². The number of anilines is 1. The van der Waals surface area contributed by atoms with E-state index in [1.165, 1.54) is 18.1 Å². The lowest BCUT2D eigenvalue weighted by Crippen LogP contribution is -2.30. The molecular weight excluding hydrogens is 466 g/mol. The van der Waals surface area contributed by atoms with Crippen LogP contribution in [-0.2, 0) is 9.59 Å². The topological polar surface area (TPSA) is 118 Å². The molecule has 2 aromatic carbocycles. The van der Waals surface area contributed by atoms with Crippen molar-refractivity contribution in [2.45, 2.75) is 18.6 Å². The zero-order chi connectivity index (χ0) is 24.2. The number of nitrogens with zero attached hydrogens (tertiary/aromatic N) is 7. The van der Waals surface area contributed by atoms with Crippen LogP contribution in [0, 0.1) is 11.6 Å². The molecule has 1 atom stereocenters. The summed E-state index contributed by atoms with van der Waals surface area (Å²) in [4.78, 5) is 29.5. The number of aromatic nitrogens is 4. The van der Waals surface area contributed by atoms with Crippen molar-refractivity contribution < 1.29 is 18.4 Å². The first-order chi connectivity index (χ1) is 16.4. The molecule has 2 amide bonds. The molecule has 0 spiro atoms. The molecule has 2 heterocycles. The average Bonchev–Trinajstić information content (AvgIpc) is 3.46. The number of halogens is 2. The molecule has 1 aliphatic heterocycles. The number of carbonyl (C=O) groups excluding carboxylic acids is 2. The Kier molecular flexibility index (Phi) is 6.72. The lowest BCUT2D eigenvalue weighted by atomic mass is 10.1. The monoisotopic (exact) mass is 484 g/mol. The summed E-state index contributed by atoms with van der Waals surface area (Å²) >= 11 is 1.08. The van der Waals surface area contributed by atoms with Crippen LogP contribution in [0.1, 0.15) is 18.9 Å². The van der Waals surface area contributed by atoms with Crippen molar-refractivity contribution in [2.75, 3.05) is 12.4 Å². The van der Waals surface area contributed by atoms with Gasteiger partial charge in [0, 0.05) is 19.5 Å². The summed E-state index contributed by atoms with van der Waals surface area (Å²) in [5, 5.41) is 18.5. The quantitative estimate of drug-likeness (QED) is 0.538. The van der Waals surface area contributed by atoms with E-state index in [1.54, 1.807) is 6.92 Å². The Hall–Kier alpha value is -4.00. The van der Waals surface area contributed by atoms with E-state index in [-0.39, 0.29) is 12.1 Å². The lowest BCUT2D eigenvalue weighted by Gasteiger charge is -2.12. The molecule has 0 saturated carbocycles. The molecule has 1 fully saturated rings. The Bertz CT molecular complexity index is 1300. The number of hydrazone groups is 1. The lowest BCUT2D eigenvalue weighted by molar-refractivity contribution is -0.128. The van der Waals surface area contributed by atoms with Gasteiger partial charge in [0.25, 0.3) is 5.91 Å². The molecule has 0 bridgehead atoms. The minimum atomic E-state index is -0.902. The first-order valence-electron chi connectivity index (χ1n) is 9.97. The maximum atomic E-state index is 13.8. The van der Waals surface area contributed by atoms with Crippen molar-refractivity contribution >= 4 is 40.1 Å². The molecule has 10 nitrogen and oxygen atoms in total. The van der Waals surface area contributed by atoms with Crippen LogP contribution in [0.25, 0.3) is 5.69 Å². The summed E-state index contributed by atoms with van der Waals surface area (Å²) in [6.07, 6.45) is 1.22. The predicted octanol–water partition coefficient (Wildman–Crippen LogP) is 2.62. The molecule has 174 valence electrons. The number of aliphatic imine (C=N–C) groups is 1. The molecule has 1 unspecified atom stereocenters. The van der Waals surface area contributed by atoms with E-state index in [0.29, 0.717) is 22.6 Å². The van der Waals surface area contributed by atoms with Gasteiger partial charge in [-0.15, -0.1) is 5.10 Å². The van der Waals surface area contributed by atoms with Gasteiger partial charge in [-0.25, -0.2) is 13.5 Å². The SMILES string of the molecule is CN=C1SC(CC(=O)Nc2ccc(F)cc2F)C(=O)N1/N=C(\C)c1cccc(-n2cnnn2)c1. The van der Waals surface area contributed by atoms with E-state index in [1.807, 2.05) is 24.3 Å². The van der Waals surface area contributed by atoms with Crippen molar-refractivity contribution in [3.05, 3.63) is 66.0 Å². The van der Waals surface area contributed by atoms with E-state index in [9.17, 15) is 18.4 Å². The molecule has 1 N–H and O–H groups in total. The fourth-order valence-corrected chi connectivity index (χ4v) is 4.17. The minimum absolute atomic E-state index is 0.167. The van der Waals surface area contributed by atoms with Gasteiger partial charge in [-0.05, 0) is 47.2 Å². The van der Waals surface area contributed by atoms with Crippen LogP contribution in [-0.4, -0.2) is 60.2 Å². The number of amidine groups is 1. The molecule has 1 saturated heterocycles. The number of thioether (sulfide) groups is 1. The predicted molar refractivity (Wildman–Crippen MR) is 123 cm³/mol. The zero-order valence-corrected chi connectivity index (χ0v) is 18.8. The number of benzene rings is 2. The standard InChI is InChI=1S/C21H18F2N8O2S/c1-12(13-4-3-5-15(8-13)30-11-25-28-29-30)27-31-20(33)18(34-21(31)24-2)10-19(32)26-17-7-6-14(22)9-16(17)23/h3-9,11,18H,10H2,1-2H3,(H,26,32)/b24-21?,27-12+. The Labute approximate surface area is 196 Å². The highest BCUT2D eigenvalue weighted by molar-refractivity contribution is 8.15. The summed E-state index contributed by atoms with van der Waals surface area (Å²) in [5.41, 5.74) is 1.81. The van der Waals surface area contributed by atoms with Gasteiger partial charge in [-0.2, -0.15) is 10.1 Å². The second-order valence-electron chi connectivity index (χ2n) is 7.13. The van der Waals surface area contributed by atoms with Crippen LogP contribution in [0.4, 0.5) is 14.5 Å². The van der Waals surface area contributed by atoms with E-state index >= 15 is 0 Å². The molecule has 0 radical (unpaired) electrons. The maximum absolute atomic E-state index is 13.8. The normalized spacial score (nSPS) is 17.5. The van der Waals surface area contributed by atoms with Gasteiger partial charge in [0.15, 0.2) is 5.17 Å². The highest BCUT2D eigenvalue weighted by Gasteiger charge is 2.39. The first kappa shape index (κ1) is 23.2. The molecule has 13 heteroatoms. The largest absolute Gasteiger partial charge is 0.324 e. The van der Waals surface area contributed by atoms with Gasteiger partial charge in [0.05, 0.1) is 17.1 Å². The van der Waals surface area contributed by atoms with Crippen molar-refractivity contribution in [3.63, 3.8) is 0 Å². The van der Waals surface area contributed by atoms with Gasteiger partial charge in [0.2, 0.25) is 5.91 Å². The fraction of sp³-hybridized carbons (Fsp3) is 0.190. The van der Waals surface area contributed by atoms with Crippen LogP contribution in [0.5, 0.6) is 0 Å². The Balaban J connectivity index is 1.49. The van der Waals surface area contributed by atoms with Crippen LogP contribution in [0.15, 0.2) is 58.9 Å². The van der Waals surface area contributed by atoms with Gasteiger partial charge >= 0.3 is 0 Å². The number of hydrogen-bond donors (Lipinski definition) is 1. The third-order valence-electron chi connectivity index (χ3n) is 4.81. The highest BCUT2D eigenvalue weighted by Crippen LogP contribution is 2.30. The van der Waals surface area contributed by atoms with Crippen molar-refractivity contribution in [3.8, 4) is 5.69 Å². The maximum Gasteiger partial charge on any atom is 0.263 e. The number of rotatable bonds is 6. The van der Waals surface area contributed by atoms with Crippen molar-refractivity contribution in [1.82, 2.24) is 25.2 Å². The first-order valence-corrected chi connectivity index (χ1v) is 10.8. The number of carbonyl (C=O) groups is 2. The van der Waals surface area contributed by atoms with Gasteiger partial charge in [-0.1, -0.05) is 23.9 Å². The highest BCUT2D eigenvalue weighted by atomic mass is 32.2. The van der Waals surface area contributed by atoms with E-state index < -0.39 is 28.7 Å². The van der Waals surface area contributed by atoms with E-state index in [4.69, 9.17) is 0 Å². The second-order valence-corrected chi connectivity index (χ2v) is 8.30. The molecule has 3 aromatic rings. The summed E-state index contributed by atoms with van der Waals surface area (Å²) in [6, 6.07) is 10.1. The summed E-state index contributed by atoms with van der Waals surface area (Å²) < 4.78 is 28.4. The van der Waals surface area contributed by atoms with Gasteiger partial charge < -0.3 is 5.32 Å². The Morgan fingerprint density at radius 2 is 2.06 bits per heavy atom. The van der Waals surface area contributed by atoms with Crippen LogP contribution in [0.3, 0.4) is 0 Å². The number of hydrogen-bond acceptors (Lipinski definition) is 8. The van der Waals surface area contributed by atoms with Gasteiger partial charge in [0.1, 0.15) is 23.2 Å². The van der Waals surface area contributed by atoms with E-state index in [0.717, 1.165) is 34.5 Å². The van der Waals surface area contributed by atoms with Crippen LogP contribution < -0.4 is 5.32 Å². The number of tetrazole rings is 1. The third-order valence-corrected chi connectivity index (χ3v) is 6.03. The third kappa shape index (κ3) is 4.98. The average molecular weight is 484 g/mol. The Morgan fingerprint density at radius 1 is 1.24 bits per heavy atom. The van der Waals surface area contributed by atoms with Gasteiger partial charge in [-0.3, -0.25) is 14.6 Å². The van der Waals surface area contributed by atoms with E-state index in [2.05, 4.69) is 30.9 Å².